The summed E-state index contributed by atoms with van der Waals surface area (Å²) in [5, 5.41) is 9.30. The van der Waals surface area contributed by atoms with Crippen LogP contribution in [0.1, 0.15) is 22.8 Å². The number of rotatable bonds is 4. The van der Waals surface area contributed by atoms with Crippen LogP contribution in [0.5, 0.6) is 5.75 Å². The van der Waals surface area contributed by atoms with Crippen molar-refractivity contribution in [2.24, 2.45) is 0 Å². The highest BCUT2D eigenvalue weighted by Gasteiger charge is 2.14. The predicted octanol–water partition coefficient (Wildman–Crippen LogP) is 3.76. The van der Waals surface area contributed by atoms with Crippen molar-refractivity contribution in [2.75, 3.05) is 6.61 Å². The fourth-order valence-corrected chi connectivity index (χ4v) is 2.04. The molecule has 1 N–H and O–H groups in total. The second kappa shape index (κ2) is 5.57. The molecule has 0 aliphatic heterocycles. The molecule has 0 fully saturated rings. The van der Waals surface area contributed by atoms with E-state index in [4.69, 9.17) is 4.74 Å². The molecule has 0 amide bonds. The van der Waals surface area contributed by atoms with Gasteiger partial charge in [-0.2, -0.15) is 0 Å². The van der Waals surface area contributed by atoms with Gasteiger partial charge in [0.15, 0.2) is 0 Å². The minimum Gasteiger partial charge on any atom is -0.493 e. The number of carbonyl (C=O) groups is 1. The molecule has 2 rings (SSSR count). The summed E-state index contributed by atoms with van der Waals surface area (Å²) in [7, 11) is 0. The fraction of sp³-hybridized carbons (Fsp3) is 0.188. The van der Waals surface area contributed by atoms with Crippen molar-refractivity contribution in [1.29, 1.82) is 0 Å². The third kappa shape index (κ3) is 2.76. The minimum absolute atomic E-state index is 0.290. The Hall–Kier alpha value is -2.29. The maximum Gasteiger partial charge on any atom is 0.336 e. The van der Waals surface area contributed by atoms with Gasteiger partial charge in [-0.05, 0) is 26.0 Å². The molecule has 0 aromatic heterocycles. The topological polar surface area (TPSA) is 46.5 Å². The molecule has 19 heavy (non-hydrogen) atoms. The van der Waals surface area contributed by atoms with E-state index in [2.05, 4.69) is 0 Å². The normalized spacial score (nSPS) is 10.2. The Labute approximate surface area is 112 Å². The van der Waals surface area contributed by atoms with Crippen molar-refractivity contribution in [3.05, 3.63) is 53.6 Å². The van der Waals surface area contributed by atoms with E-state index in [1.54, 1.807) is 12.1 Å². The van der Waals surface area contributed by atoms with E-state index in [1.807, 2.05) is 44.2 Å². The highest BCUT2D eigenvalue weighted by Crippen LogP contribution is 2.33. The van der Waals surface area contributed by atoms with E-state index < -0.39 is 5.97 Å². The van der Waals surface area contributed by atoms with Crippen LogP contribution in [0, 0.1) is 6.92 Å². The van der Waals surface area contributed by atoms with Crippen LogP contribution in [0.15, 0.2) is 42.5 Å². The monoisotopic (exact) mass is 256 g/mol. The molecular formula is C16H16O3. The van der Waals surface area contributed by atoms with E-state index in [0.717, 1.165) is 11.1 Å². The van der Waals surface area contributed by atoms with Crippen LogP contribution in [0.4, 0.5) is 0 Å². The van der Waals surface area contributed by atoms with Gasteiger partial charge < -0.3 is 9.84 Å². The first kappa shape index (κ1) is 13.1. The number of aryl methyl sites for hydroxylation is 1. The van der Waals surface area contributed by atoms with E-state index in [9.17, 15) is 9.90 Å². The third-order valence-electron chi connectivity index (χ3n) is 2.88. The molecule has 3 heteroatoms. The lowest BCUT2D eigenvalue weighted by Gasteiger charge is -2.12. The van der Waals surface area contributed by atoms with Gasteiger partial charge in [0, 0.05) is 11.1 Å². The number of hydrogen-bond donors (Lipinski definition) is 1. The first-order valence-electron chi connectivity index (χ1n) is 6.19. The zero-order chi connectivity index (χ0) is 13.8. The lowest BCUT2D eigenvalue weighted by Crippen LogP contribution is -2.01. The molecule has 0 spiro atoms. The van der Waals surface area contributed by atoms with Gasteiger partial charge in [-0.15, -0.1) is 0 Å². The molecule has 0 atom stereocenters. The number of para-hydroxylation sites is 1. The van der Waals surface area contributed by atoms with Crippen molar-refractivity contribution >= 4 is 5.97 Å². The third-order valence-corrected chi connectivity index (χ3v) is 2.88. The minimum atomic E-state index is -0.929. The molecule has 0 unspecified atom stereocenters. The number of carboxylic acids is 1. The molecule has 0 aliphatic rings. The molecule has 98 valence electrons. The van der Waals surface area contributed by atoms with Gasteiger partial charge in [-0.3, -0.25) is 0 Å². The Morgan fingerprint density at radius 2 is 1.89 bits per heavy atom. The molecule has 0 aliphatic carbocycles. The Bertz CT molecular complexity index is 603. The van der Waals surface area contributed by atoms with Crippen molar-refractivity contribution < 1.29 is 14.6 Å². The largest absolute Gasteiger partial charge is 0.493 e. The molecule has 3 nitrogen and oxygen atoms in total. The van der Waals surface area contributed by atoms with Gasteiger partial charge in [0.2, 0.25) is 0 Å². The summed E-state index contributed by atoms with van der Waals surface area (Å²) in [6, 6.07) is 12.8. The van der Waals surface area contributed by atoms with Gasteiger partial charge in [0.1, 0.15) is 5.75 Å². The van der Waals surface area contributed by atoms with E-state index in [1.165, 1.54) is 0 Å². The van der Waals surface area contributed by atoms with Crippen LogP contribution in [0.25, 0.3) is 11.1 Å². The molecule has 0 heterocycles. The van der Waals surface area contributed by atoms with Crippen molar-refractivity contribution in [1.82, 2.24) is 0 Å². The number of hydrogen-bond acceptors (Lipinski definition) is 2. The standard InChI is InChI=1S/C16H16O3/c1-3-19-15-7-5-4-6-12(15)14-10-11(2)8-9-13(14)16(17)18/h4-10H,3H2,1-2H3,(H,17,18). The Kier molecular flexibility index (Phi) is 3.85. The van der Waals surface area contributed by atoms with Crippen molar-refractivity contribution in [3.63, 3.8) is 0 Å². The number of aromatic carboxylic acids is 1. The average Bonchev–Trinajstić information content (AvgIpc) is 2.39. The first-order chi connectivity index (χ1) is 9.13. The van der Waals surface area contributed by atoms with E-state index >= 15 is 0 Å². The summed E-state index contributed by atoms with van der Waals surface area (Å²) < 4.78 is 5.57. The molecular weight excluding hydrogens is 240 g/mol. The highest BCUT2D eigenvalue weighted by molar-refractivity contribution is 5.97. The average molecular weight is 256 g/mol. The zero-order valence-corrected chi connectivity index (χ0v) is 11.0. The van der Waals surface area contributed by atoms with Crippen LogP contribution in [-0.2, 0) is 0 Å². The lowest BCUT2D eigenvalue weighted by atomic mass is 9.97. The summed E-state index contributed by atoms with van der Waals surface area (Å²) in [6.07, 6.45) is 0. The molecule has 2 aromatic rings. The molecule has 0 saturated heterocycles. The van der Waals surface area contributed by atoms with Crippen LogP contribution in [0.2, 0.25) is 0 Å². The highest BCUT2D eigenvalue weighted by atomic mass is 16.5. The number of benzene rings is 2. The maximum absolute atomic E-state index is 11.3. The SMILES string of the molecule is CCOc1ccccc1-c1cc(C)ccc1C(=O)O. The zero-order valence-electron chi connectivity index (χ0n) is 11.0. The quantitative estimate of drug-likeness (QED) is 0.906. The second-order valence-corrected chi connectivity index (χ2v) is 4.28. The fourth-order valence-electron chi connectivity index (χ4n) is 2.04. The van der Waals surface area contributed by atoms with Gasteiger partial charge >= 0.3 is 5.97 Å². The maximum atomic E-state index is 11.3. The molecule has 0 radical (unpaired) electrons. The van der Waals surface area contributed by atoms with Crippen LogP contribution in [-0.4, -0.2) is 17.7 Å². The van der Waals surface area contributed by atoms with Gasteiger partial charge in [-0.1, -0.05) is 35.9 Å². The molecule has 0 saturated carbocycles. The summed E-state index contributed by atoms with van der Waals surface area (Å²) >= 11 is 0. The van der Waals surface area contributed by atoms with Crippen molar-refractivity contribution in [2.45, 2.75) is 13.8 Å². The summed E-state index contributed by atoms with van der Waals surface area (Å²) in [4.78, 5) is 11.3. The van der Waals surface area contributed by atoms with E-state index in [-0.39, 0.29) is 5.56 Å². The van der Waals surface area contributed by atoms with Gasteiger partial charge in [0.05, 0.1) is 12.2 Å². The van der Waals surface area contributed by atoms with Gasteiger partial charge in [0.25, 0.3) is 0 Å². The Balaban J connectivity index is 2.64. The molecule has 0 bridgehead atoms. The summed E-state index contributed by atoms with van der Waals surface area (Å²) in [6.45, 7) is 4.40. The summed E-state index contributed by atoms with van der Waals surface area (Å²) in [5.74, 6) is -0.223. The summed E-state index contributed by atoms with van der Waals surface area (Å²) in [5.41, 5.74) is 2.81. The first-order valence-corrected chi connectivity index (χ1v) is 6.19. The van der Waals surface area contributed by atoms with Gasteiger partial charge in [-0.25, -0.2) is 4.79 Å². The number of ether oxygens (including phenoxy) is 1. The predicted molar refractivity (Wildman–Crippen MR) is 74.7 cm³/mol. The number of carboxylic acid groups (broad SMARTS) is 1. The van der Waals surface area contributed by atoms with Crippen molar-refractivity contribution in [3.8, 4) is 16.9 Å². The van der Waals surface area contributed by atoms with Crippen LogP contribution >= 0.6 is 0 Å². The lowest BCUT2D eigenvalue weighted by molar-refractivity contribution is 0.0698. The Morgan fingerprint density at radius 1 is 1.16 bits per heavy atom. The van der Waals surface area contributed by atoms with Crippen LogP contribution < -0.4 is 4.74 Å². The smallest absolute Gasteiger partial charge is 0.336 e. The second-order valence-electron chi connectivity index (χ2n) is 4.28. The van der Waals surface area contributed by atoms with E-state index in [0.29, 0.717) is 17.9 Å². The molecule has 2 aromatic carbocycles. The van der Waals surface area contributed by atoms with Crippen LogP contribution in [0.3, 0.4) is 0 Å². The Morgan fingerprint density at radius 3 is 2.58 bits per heavy atom.